The minimum Gasteiger partial charge on any atom is -0.326 e. The van der Waals surface area contributed by atoms with Crippen molar-refractivity contribution in [2.24, 2.45) is 7.05 Å². The highest BCUT2D eigenvalue weighted by atomic mass is 19.2. The highest BCUT2D eigenvalue weighted by Gasteiger charge is 2.41. The molecule has 0 fully saturated rings. The lowest BCUT2D eigenvalue weighted by atomic mass is 9.87. The number of aromatic nitrogens is 5. The third-order valence-corrected chi connectivity index (χ3v) is 6.52. The lowest BCUT2D eigenvalue weighted by Crippen LogP contribution is -2.47. The summed E-state index contributed by atoms with van der Waals surface area (Å²) in [6.45, 7) is 3.96. The monoisotopic (exact) mass is 468 g/mol. The Morgan fingerprint density at radius 2 is 1.88 bits per heavy atom. The summed E-state index contributed by atoms with van der Waals surface area (Å²) in [7, 11) is 1.68. The maximum absolute atomic E-state index is 14.0. The summed E-state index contributed by atoms with van der Waals surface area (Å²) in [6, 6.07) is 3.18. The first-order valence-corrected chi connectivity index (χ1v) is 11.2. The minimum absolute atomic E-state index is 0.179. The normalized spacial score (nSPS) is 17.9. The molecule has 2 unspecified atom stereocenters. The van der Waals surface area contributed by atoms with Gasteiger partial charge >= 0.3 is 0 Å². The molecule has 3 aromatic heterocycles. The standard InChI is InChI=1S/C24H23F3N6O/c1-4-14-11-15-21(30-31(3)22(15)13-9-17(25)20(27)18(26)10-13)19(5-2)33(14)24(34)16-12-29-32-8-6-7-28-23(16)32/h6-10,12,14,19H,4-5,11H2,1-3H3. The van der Waals surface area contributed by atoms with Crippen LogP contribution >= 0.6 is 0 Å². The first kappa shape index (κ1) is 22.1. The Bertz CT molecular complexity index is 1390. The van der Waals surface area contributed by atoms with Crippen LogP contribution in [0.5, 0.6) is 0 Å². The van der Waals surface area contributed by atoms with E-state index >= 15 is 0 Å². The van der Waals surface area contributed by atoms with E-state index in [0.29, 0.717) is 41.9 Å². The number of carbonyl (C=O) groups excluding carboxylic acids is 1. The van der Waals surface area contributed by atoms with E-state index in [9.17, 15) is 18.0 Å². The summed E-state index contributed by atoms with van der Waals surface area (Å²) in [6.07, 6.45) is 6.56. The zero-order valence-corrected chi connectivity index (χ0v) is 19.0. The summed E-state index contributed by atoms with van der Waals surface area (Å²) in [5.41, 5.74) is 3.10. The summed E-state index contributed by atoms with van der Waals surface area (Å²) >= 11 is 0. The van der Waals surface area contributed by atoms with Crippen LogP contribution in [0.15, 0.2) is 36.8 Å². The molecule has 4 aromatic rings. The van der Waals surface area contributed by atoms with Crippen molar-refractivity contribution in [2.45, 2.75) is 45.2 Å². The van der Waals surface area contributed by atoms with Gasteiger partial charge in [-0.05, 0) is 37.5 Å². The van der Waals surface area contributed by atoms with Gasteiger partial charge in [0.1, 0.15) is 5.56 Å². The van der Waals surface area contributed by atoms with Gasteiger partial charge < -0.3 is 4.90 Å². The van der Waals surface area contributed by atoms with Gasteiger partial charge in [-0.1, -0.05) is 13.8 Å². The molecule has 1 amide bonds. The molecule has 0 N–H and O–H groups in total. The van der Waals surface area contributed by atoms with Crippen LogP contribution in [0.1, 0.15) is 54.3 Å². The molecule has 0 saturated carbocycles. The molecule has 2 atom stereocenters. The first-order chi connectivity index (χ1) is 16.3. The van der Waals surface area contributed by atoms with Crippen molar-refractivity contribution in [2.75, 3.05) is 0 Å². The maximum Gasteiger partial charge on any atom is 0.260 e. The number of fused-ring (bicyclic) bond motifs is 2. The van der Waals surface area contributed by atoms with Crippen LogP contribution in [0.2, 0.25) is 0 Å². The highest BCUT2D eigenvalue weighted by Crippen LogP contribution is 2.41. The predicted molar refractivity (Wildman–Crippen MR) is 118 cm³/mol. The van der Waals surface area contributed by atoms with E-state index in [0.717, 1.165) is 17.7 Å². The van der Waals surface area contributed by atoms with Crippen molar-refractivity contribution in [3.63, 3.8) is 0 Å². The topological polar surface area (TPSA) is 68.3 Å². The summed E-state index contributed by atoms with van der Waals surface area (Å²) in [4.78, 5) is 19.9. The molecule has 1 aliphatic rings. The molecule has 0 radical (unpaired) electrons. The van der Waals surface area contributed by atoms with Gasteiger partial charge in [-0.15, -0.1) is 0 Å². The summed E-state index contributed by atoms with van der Waals surface area (Å²) < 4.78 is 44.7. The van der Waals surface area contributed by atoms with E-state index in [-0.39, 0.29) is 23.6 Å². The Labute approximate surface area is 193 Å². The van der Waals surface area contributed by atoms with E-state index in [4.69, 9.17) is 0 Å². The van der Waals surface area contributed by atoms with Gasteiger partial charge in [-0.3, -0.25) is 9.48 Å². The molecular weight excluding hydrogens is 445 g/mol. The molecule has 1 aromatic carbocycles. The molecule has 0 saturated heterocycles. The summed E-state index contributed by atoms with van der Waals surface area (Å²) in [5.74, 6) is -4.20. The molecule has 1 aliphatic heterocycles. The van der Waals surface area contributed by atoms with Crippen molar-refractivity contribution in [1.29, 1.82) is 0 Å². The van der Waals surface area contributed by atoms with Gasteiger partial charge in [-0.2, -0.15) is 10.2 Å². The first-order valence-electron chi connectivity index (χ1n) is 11.2. The zero-order chi connectivity index (χ0) is 24.1. The molecule has 0 bridgehead atoms. The molecule has 5 rings (SSSR count). The van der Waals surface area contributed by atoms with Crippen LogP contribution in [0.25, 0.3) is 16.9 Å². The molecular formula is C24H23F3N6O. The van der Waals surface area contributed by atoms with Crippen molar-refractivity contribution in [3.8, 4) is 11.3 Å². The fourth-order valence-electron chi connectivity index (χ4n) is 4.99. The van der Waals surface area contributed by atoms with Crippen LogP contribution < -0.4 is 0 Å². The van der Waals surface area contributed by atoms with Gasteiger partial charge in [0, 0.05) is 36.6 Å². The minimum atomic E-state index is -1.50. The number of hydrogen-bond acceptors (Lipinski definition) is 4. The molecule has 4 heterocycles. The smallest absolute Gasteiger partial charge is 0.260 e. The van der Waals surface area contributed by atoms with Crippen molar-refractivity contribution < 1.29 is 18.0 Å². The van der Waals surface area contributed by atoms with Crippen molar-refractivity contribution in [1.82, 2.24) is 29.3 Å². The van der Waals surface area contributed by atoms with Crippen molar-refractivity contribution >= 4 is 11.6 Å². The number of nitrogens with zero attached hydrogens (tertiary/aromatic N) is 6. The number of rotatable bonds is 4. The number of benzene rings is 1. The quantitative estimate of drug-likeness (QED) is 0.415. The maximum atomic E-state index is 14.0. The molecule has 0 spiro atoms. The third-order valence-electron chi connectivity index (χ3n) is 6.52. The van der Waals surface area contributed by atoms with Crippen LogP contribution in [0.4, 0.5) is 13.2 Å². The average molecular weight is 468 g/mol. The zero-order valence-electron chi connectivity index (χ0n) is 19.0. The second kappa shape index (κ2) is 8.27. The van der Waals surface area contributed by atoms with Crippen LogP contribution in [0.3, 0.4) is 0 Å². The molecule has 10 heteroatoms. The van der Waals surface area contributed by atoms with E-state index in [1.54, 1.807) is 34.7 Å². The Morgan fingerprint density at radius 3 is 2.56 bits per heavy atom. The molecule has 7 nitrogen and oxygen atoms in total. The second-order valence-electron chi connectivity index (χ2n) is 8.44. The Morgan fingerprint density at radius 1 is 1.15 bits per heavy atom. The lowest BCUT2D eigenvalue weighted by molar-refractivity contribution is 0.0514. The highest BCUT2D eigenvalue weighted by molar-refractivity contribution is 6.00. The second-order valence-corrected chi connectivity index (χ2v) is 8.44. The fourth-order valence-corrected chi connectivity index (χ4v) is 4.99. The van der Waals surface area contributed by atoms with E-state index < -0.39 is 17.5 Å². The van der Waals surface area contributed by atoms with Crippen molar-refractivity contribution in [3.05, 3.63) is 71.1 Å². The van der Waals surface area contributed by atoms with E-state index in [2.05, 4.69) is 15.2 Å². The lowest BCUT2D eigenvalue weighted by Gasteiger charge is -2.41. The van der Waals surface area contributed by atoms with Gasteiger partial charge in [0.15, 0.2) is 23.1 Å². The van der Waals surface area contributed by atoms with E-state index in [1.165, 1.54) is 6.20 Å². The Hall–Kier alpha value is -3.69. The number of amides is 1. The van der Waals surface area contributed by atoms with E-state index in [1.807, 2.05) is 18.7 Å². The molecule has 34 heavy (non-hydrogen) atoms. The average Bonchev–Trinajstić information content (AvgIpc) is 3.40. The third kappa shape index (κ3) is 3.27. The van der Waals surface area contributed by atoms with Crippen LogP contribution in [-0.2, 0) is 13.5 Å². The fraction of sp³-hybridized carbons (Fsp3) is 0.333. The number of halogens is 3. The Kier molecular flexibility index (Phi) is 5.38. The van der Waals surface area contributed by atoms with Gasteiger partial charge in [0.2, 0.25) is 0 Å². The van der Waals surface area contributed by atoms with Gasteiger partial charge in [0.05, 0.1) is 23.6 Å². The molecule has 0 aliphatic carbocycles. The summed E-state index contributed by atoms with van der Waals surface area (Å²) in [5, 5.41) is 8.90. The SMILES string of the molecule is CCC1Cc2c(nn(C)c2-c2cc(F)c(F)c(F)c2)C(CC)N1C(=O)c1cnn2cccnc12. The van der Waals surface area contributed by atoms with Gasteiger partial charge in [0.25, 0.3) is 5.91 Å². The molecule has 176 valence electrons. The number of carbonyl (C=O) groups is 1. The predicted octanol–water partition coefficient (Wildman–Crippen LogP) is 4.48. The Balaban J connectivity index is 1.63. The largest absolute Gasteiger partial charge is 0.326 e. The van der Waals surface area contributed by atoms with Crippen LogP contribution in [-0.4, -0.2) is 41.2 Å². The van der Waals surface area contributed by atoms with Crippen LogP contribution in [0, 0.1) is 17.5 Å². The number of aryl methyl sites for hydroxylation is 1. The number of hydrogen-bond donors (Lipinski definition) is 0. The van der Waals surface area contributed by atoms with Gasteiger partial charge in [-0.25, -0.2) is 22.7 Å².